The standard InChI is InChI=1S/C12H15NO4/c1-3-7(2)11(15)13-10-5-4-8(14)6-9(10)12(16)17/h4-7,14H,3H2,1-2H3,(H,13,15)(H,16,17)/p-1/t7-/m1/s1. The van der Waals surface area contributed by atoms with Gasteiger partial charge in [0.2, 0.25) is 5.91 Å². The maximum atomic E-state index is 11.6. The first kappa shape index (κ1) is 13.0. The molecule has 5 nitrogen and oxygen atoms in total. The summed E-state index contributed by atoms with van der Waals surface area (Å²) in [5, 5.41) is 22.5. The van der Waals surface area contributed by atoms with Gasteiger partial charge < -0.3 is 15.5 Å². The van der Waals surface area contributed by atoms with Gasteiger partial charge in [0.15, 0.2) is 0 Å². The predicted octanol–water partition coefficient (Wildman–Crippen LogP) is 1.44. The van der Waals surface area contributed by atoms with Crippen LogP contribution in [0.4, 0.5) is 5.69 Å². The number of carboxylic acid groups (broad SMARTS) is 1. The van der Waals surface area contributed by atoms with Crippen molar-refractivity contribution >= 4 is 17.6 Å². The number of anilines is 1. The minimum Gasteiger partial charge on any atom is -0.872 e. The molecule has 0 saturated carbocycles. The third-order valence-corrected chi connectivity index (χ3v) is 2.54. The molecule has 1 aromatic rings. The average Bonchev–Trinajstić information content (AvgIpc) is 2.29. The highest BCUT2D eigenvalue weighted by atomic mass is 16.4. The first-order chi connectivity index (χ1) is 7.95. The molecule has 0 heterocycles. The van der Waals surface area contributed by atoms with Crippen LogP contribution in [-0.4, -0.2) is 17.0 Å². The monoisotopic (exact) mass is 236 g/mol. The summed E-state index contributed by atoms with van der Waals surface area (Å²) in [6.07, 6.45) is 0.661. The molecular weight excluding hydrogens is 222 g/mol. The molecule has 1 aromatic carbocycles. The number of carboxylic acids is 1. The average molecular weight is 236 g/mol. The predicted molar refractivity (Wildman–Crippen MR) is 60.9 cm³/mol. The van der Waals surface area contributed by atoms with E-state index in [0.29, 0.717) is 6.42 Å². The van der Waals surface area contributed by atoms with Gasteiger partial charge in [-0.25, -0.2) is 4.79 Å². The van der Waals surface area contributed by atoms with Gasteiger partial charge in [-0.05, 0) is 12.5 Å². The van der Waals surface area contributed by atoms with Gasteiger partial charge in [-0.3, -0.25) is 4.79 Å². The minimum absolute atomic E-state index is 0.155. The third-order valence-electron chi connectivity index (χ3n) is 2.54. The summed E-state index contributed by atoms with van der Waals surface area (Å²) in [6.45, 7) is 3.61. The molecule has 1 atom stereocenters. The third kappa shape index (κ3) is 3.21. The number of amides is 1. The quantitative estimate of drug-likeness (QED) is 0.827. The van der Waals surface area contributed by atoms with E-state index in [-0.39, 0.29) is 23.1 Å². The van der Waals surface area contributed by atoms with Crippen LogP contribution in [0.3, 0.4) is 0 Å². The summed E-state index contributed by atoms with van der Waals surface area (Å²) >= 11 is 0. The van der Waals surface area contributed by atoms with Crippen LogP contribution in [0.2, 0.25) is 0 Å². The summed E-state index contributed by atoms with van der Waals surface area (Å²) in [5.74, 6) is -2.09. The Kier molecular flexibility index (Phi) is 4.09. The maximum Gasteiger partial charge on any atom is 0.337 e. The highest BCUT2D eigenvalue weighted by Gasteiger charge is 2.15. The van der Waals surface area contributed by atoms with Crippen LogP contribution in [0.15, 0.2) is 18.2 Å². The van der Waals surface area contributed by atoms with E-state index in [1.165, 1.54) is 12.1 Å². The lowest BCUT2D eigenvalue weighted by molar-refractivity contribution is -0.268. The number of carbonyl (C=O) groups is 2. The minimum atomic E-state index is -1.23. The van der Waals surface area contributed by atoms with Gasteiger partial charge in [0.1, 0.15) is 0 Å². The fraction of sp³-hybridized carbons (Fsp3) is 0.333. The van der Waals surface area contributed by atoms with Crippen molar-refractivity contribution in [2.45, 2.75) is 20.3 Å². The van der Waals surface area contributed by atoms with E-state index in [4.69, 9.17) is 5.11 Å². The Labute approximate surface area is 99.1 Å². The van der Waals surface area contributed by atoms with Gasteiger partial charge in [0.05, 0.1) is 11.3 Å². The lowest BCUT2D eigenvalue weighted by Crippen LogP contribution is -2.21. The topological polar surface area (TPSA) is 89.5 Å². The van der Waals surface area contributed by atoms with Crippen molar-refractivity contribution in [1.29, 1.82) is 0 Å². The molecule has 5 heteroatoms. The molecule has 0 aromatic heterocycles. The van der Waals surface area contributed by atoms with E-state index in [1.54, 1.807) is 6.92 Å². The molecule has 0 saturated heterocycles. The van der Waals surface area contributed by atoms with Gasteiger partial charge in [-0.1, -0.05) is 26.0 Å². The van der Waals surface area contributed by atoms with Crippen LogP contribution in [0, 0.1) is 5.92 Å². The molecule has 0 aliphatic heterocycles. The van der Waals surface area contributed by atoms with Crippen LogP contribution in [-0.2, 0) is 4.79 Å². The van der Waals surface area contributed by atoms with E-state index in [2.05, 4.69) is 5.32 Å². The zero-order chi connectivity index (χ0) is 13.0. The molecule has 0 unspecified atom stereocenters. The highest BCUT2D eigenvalue weighted by molar-refractivity contribution is 6.01. The van der Waals surface area contributed by atoms with Crippen LogP contribution in [0.5, 0.6) is 5.75 Å². The second-order valence-electron chi connectivity index (χ2n) is 3.81. The van der Waals surface area contributed by atoms with Gasteiger partial charge in [-0.2, -0.15) is 0 Å². The first-order valence-corrected chi connectivity index (χ1v) is 5.31. The second kappa shape index (κ2) is 5.34. The van der Waals surface area contributed by atoms with E-state index < -0.39 is 11.7 Å². The Hall–Kier alpha value is -2.04. The summed E-state index contributed by atoms with van der Waals surface area (Å²) in [6, 6.07) is 3.53. The molecule has 92 valence electrons. The van der Waals surface area contributed by atoms with Gasteiger partial charge in [0, 0.05) is 5.92 Å². The Bertz CT molecular complexity index is 442. The number of hydrogen-bond acceptors (Lipinski definition) is 3. The van der Waals surface area contributed by atoms with E-state index in [0.717, 1.165) is 6.07 Å². The molecule has 0 spiro atoms. The van der Waals surface area contributed by atoms with Gasteiger partial charge in [-0.15, -0.1) is 5.75 Å². The van der Waals surface area contributed by atoms with Gasteiger partial charge in [0.25, 0.3) is 0 Å². The smallest absolute Gasteiger partial charge is 0.337 e. The second-order valence-corrected chi connectivity index (χ2v) is 3.81. The number of nitrogens with one attached hydrogen (secondary N) is 1. The molecule has 0 radical (unpaired) electrons. The zero-order valence-corrected chi connectivity index (χ0v) is 9.69. The normalized spacial score (nSPS) is 11.9. The fourth-order valence-corrected chi connectivity index (χ4v) is 1.25. The van der Waals surface area contributed by atoms with Crippen molar-refractivity contribution in [3.05, 3.63) is 23.8 Å². The van der Waals surface area contributed by atoms with Crippen molar-refractivity contribution in [3.8, 4) is 5.75 Å². The Balaban J connectivity index is 2.98. The summed E-state index contributed by atoms with van der Waals surface area (Å²) in [5.41, 5.74) is -0.0310. The van der Waals surface area contributed by atoms with Gasteiger partial charge >= 0.3 is 5.97 Å². The molecular formula is C12H14NO4-. The van der Waals surface area contributed by atoms with Crippen molar-refractivity contribution in [2.24, 2.45) is 5.92 Å². The van der Waals surface area contributed by atoms with Crippen molar-refractivity contribution in [3.63, 3.8) is 0 Å². The van der Waals surface area contributed by atoms with E-state index in [1.807, 2.05) is 6.92 Å². The molecule has 2 N–H and O–H groups in total. The summed E-state index contributed by atoms with van der Waals surface area (Å²) in [7, 11) is 0. The molecule has 1 rings (SSSR count). The zero-order valence-electron chi connectivity index (χ0n) is 9.69. The largest absolute Gasteiger partial charge is 0.872 e. The van der Waals surface area contributed by atoms with E-state index >= 15 is 0 Å². The maximum absolute atomic E-state index is 11.6. The fourth-order valence-electron chi connectivity index (χ4n) is 1.25. The SMILES string of the molecule is CC[C@@H](C)C(=O)Nc1ccc([O-])cc1C(=O)O. The Morgan fingerprint density at radius 2 is 2.12 bits per heavy atom. The molecule has 17 heavy (non-hydrogen) atoms. The Morgan fingerprint density at radius 1 is 1.47 bits per heavy atom. The van der Waals surface area contributed by atoms with Crippen LogP contribution in [0.1, 0.15) is 30.6 Å². The number of aromatic carboxylic acids is 1. The number of carbonyl (C=O) groups excluding carboxylic acids is 1. The first-order valence-electron chi connectivity index (χ1n) is 5.31. The Morgan fingerprint density at radius 3 is 2.65 bits per heavy atom. The summed E-state index contributed by atoms with van der Waals surface area (Å²) < 4.78 is 0. The molecule has 0 aliphatic carbocycles. The van der Waals surface area contributed by atoms with Crippen LogP contribution >= 0.6 is 0 Å². The van der Waals surface area contributed by atoms with Crippen molar-refractivity contribution in [1.82, 2.24) is 0 Å². The molecule has 0 bridgehead atoms. The lowest BCUT2D eigenvalue weighted by atomic mass is 10.1. The number of benzene rings is 1. The number of hydrogen-bond donors (Lipinski definition) is 2. The molecule has 1 amide bonds. The highest BCUT2D eigenvalue weighted by Crippen LogP contribution is 2.20. The molecule has 0 fully saturated rings. The summed E-state index contributed by atoms with van der Waals surface area (Å²) in [4.78, 5) is 22.5. The number of rotatable bonds is 4. The van der Waals surface area contributed by atoms with Crippen LogP contribution in [0.25, 0.3) is 0 Å². The lowest BCUT2D eigenvalue weighted by Gasteiger charge is -2.14. The van der Waals surface area contributed by atoms with Crippen molar-refractivity contribution < 1.29 is 19.8 Å². The van der Waals surface area contributed by atoms with Crippen LogP contribution < -0.4 is 10.4 Å². The van der Waals surface area contributed by atoms with Crippen molar-refractivity contribution in [2.75, 3.05) is 5.32 Å². The van der Waals surface area contributed by atoms with E-state index in [9.17, 15) is 14.7 Å². The molecule has 0 aliphatic rings.